The van der Waals surface area contributed by atoms with Crippen molar-refractivity contribution in [1.82, 2.24) is 0 Å². The van der Waals surface area contributed by atoms with Gasteiger partial charge in [-0.05, 0) is 109 Å². The number of carbonyl (C=O) groups excluding carboxylic acids is 3. The van der Waals surface area contributed by atoms with Gasteiger partial charge >= 0.3 is 17.9 Å². The molecule has 0 aromatic carbocycles. The zero-order valence-electron chi connectivity index (χ0n) is 44.9. The normalized spacial score (nSPS) is 12.6. The van der Waals surface area contributed by atoms with Gasteiger partial charge in [-0.15, -0.1) is 0 Å². The van der Waals surface area contributed by atoms with Gasteiger partial charge in [-0.2, -0.15) is 0 Å². The Morgan fingerprint density at radius 2 is 0.574 bits per heavy atom. The van der Waals surface area contributed by atoms with Gasteiger partial charge in [0.05, 0.1) is 0 Å². The molecule has 0 aromatic heterocycles. The van der Waals surface area contributed by atoms with Gasteiger partial charge in [-0.25, -0.2) is 0 Å². The molecule has 6 heteroatoms. The number of carbonyl (C=O) groups is 3. The minimum Gasteiger partial charge on any atom is -0.462 e. The average molecular weight is 950 g/mol. The lowest BCUT2D eigenvalue weighted by atomic mass is 10.1. The molecule has 0 bridgehead atoms. The summed E-state index contributed by atoms with van der Waals surface area (Å²) in [4.78, 5) is 38.1. The first-order chi connectivity index (χ1) is 33.5. The van der Waals surface area contributed by atoms with Crippen molar-refractivity contribution >= 4 is 17.9 Å². The van der Waals surface area contributed by atoms with E-state index in [9.17, 15) is 14.4 Å². The first-order valence-electron chi connectivity index (χ1n) is 28.9. The Kier molecular flexibility index (Phi) is 53.8. The van der Waals surface area contributed by atoms with E-state index in [1.807, 2.05) is 0 Å². The number of esters is 3. The van der Waals surface area contributed by atoms with Crippen molar-refractivity contribution in [1.29, 1.82) is 0 Å². The number of unbranched alkanes of at least 4 members (excludes halogenated alkanes) is 29. The van der Waals surface area contributed by atoms with Gasteiger partial charge in [0.25, 0.3) is 0 Å². The molecular weight excluding hydrogens is 841 g/mol. The van der Waals surface area contributed by atoms with Crippen LogP contribution in [-0.4, -0.2) is 37.2 Å². The van der Waals surface area contributed by atoms with Crippen LogP contribution in [0, 0.1) is 0 Å². The van der Waals surface area contributed by atoms with Crippen LogP contribution in [0.25, 0.3) is 0 Å². The van der Waals surface area contributed by atoms with E-state index in [0.29, 0.717) is 19.3 Å². The highest BCUT2D eigenvalue weighted by Crippen LogP contribution is 2.15. The summed E-state index contributed by atoms with van der Waals surface area (Å²) in [5, 5.41) is 0. The maximum absolute atomic E-state index is 12.8. The monoisotopic (exact) mass is 949 g/mol. The quantitative estimate of drug-likeness (QED) is 0.0262. The highest BCUT2D eigenvalue weighted by atomic mass is 16.6. The predicted molar refractivity (Wildman–Crippen MR) is 293 cm³/mol. The molecule has 1 unspecified atom stereocenters. The van der Waals surface area contributed by atoms with Crippen LogP contribution in [0.5, 0.6) is 0 Å². The van der Waals surface area contributed by atoms with Crippen LogP contribution in [0.15, 0.2) is 72.9 Å². The van der Waals surface area contributed by atoms with Gasteiger partial charge in [0.15, 0.2) is 6.10 Å². The second-order valence-electron chi connectivity index (χ2n) is 19.2. The summed E-state index contributed by atoms with van der Waals surface area (Å²) in [5.74, 6) is -0.909. The minimum atomic E-state index is -0.790. The summed E-state index contributed by atoms with van der Waals surface area (Å²) in [7, 11) is 0. The summed E-state index contributed by atoms with van der Waals surface area (Å²) >= 11 is 0. The van der Waals surface area contributed by atoms with Crippen molar-refractivity contribution in [3.63, 3.8) is 0 Å². The van der Waals surface area contributed by atoms with Crippen LogP contribution in [0.1, 0.15) is 284 Å². The fraction of sp³-hybridized carbons (Fsp3) is 0.758. The summed E-state index contributed by atoms with van der Waals surface area (Å²) < 4.78 is 16.8. The molecule has 0 aliphatic rings. The van der Waals surface area contributed by atoms with Gasteiger partial charge < -0.3 is 14.2 Å². The Morgan fingerprint density at radius 3 is 0.912 bits per heavy atom. The second kappa shape index (κ2) is 56.4. The van der Waals surface area contributed by atoms with Gasteiger partial charge in [0.2, 0.25) is 0 Å². The van der Waals surface area contributed by atoms with Crippen molar-refractivity contribution < 1.29 is 28.6 Å². The Hall–Kier alpha value is -3.15. The van der Waals surface area contributed by atoms with Crippen molar-refractivity contribution in [2.75, 3.05) is 13.2 Å². The molecule has 6 nitrogen and oxygen atoms in total. The van der Waals surface area contributed by atoms with E-state index >= 15 is 0 Å². The van der Waals surface area contributed by atoms with E-state index in [1.54, 1.807) is 0 Å². The van der Waals surface area contributed by atoms with Gasteiger partial charge in [-0.1, -0.05) is 229 Å². The van der Waals surface area contributed by atoms with E-state index in [4.69, 9.17) is 14.2 Å². The summed E-state index contributed by atoms with van der Waals surface area (Å²) in [6.45, 7) is 6.50. The largest absolute Gasteiger partial charge is 0.462 e. The second-order valence-corrected chi connectivity index (χ2v) is 19.2. The Morgan fingerprint density at radius 1 is 0.309 bits per heavy atom. The highest BCUT2D eigenvalue weighted by molar-refractivity contribution is 5.71. The van der Waals surface area contributed by atoms with E-state index in [-0.39, 0.29) is 31.1 Å². The van der Waals surface area contributed by atoms with Crippen LogP contribution in [0.2, 0.25) is 0 Å². The summed E-state index contributed by atoms with van der Waals surface area (Å²) in [5.41, 5.74) is 0. The number of hydrogen-bond acceptors (Lipinski definition) is 6. The molecular formula is C62H108O6. The van der Waals surface area contributed by atoms with Crippen molar-refractivity contribution in [2.45, 2.75) is 290 Å². The third-order valence-corrected chi connectivity index (χ3v) is 12.4. The zero-order valence-corrected chi connectivity index (χ0v) is 44.9. The third-order valence-electron chi connectivity index (χ3n) is 12.4. The first kappa shape index (κ1) is 64.8. The molecule has 0 spiro atoms. The van der Waals surface area contributed by atoms with Gasteiger partial charge in [0.1, 0.15) is 13.2 Å². The standard InChI is InChI=1S/C62H108O6/c1-4-7-10-13-16-19-22-25-28-29-30-31-32-33-35-37-40-43-46-49-52-55-61(64)67-58-59(57-66-60(63)54-51-48-45-42-39-36-27-24-21-18-15-12-9-6-3)68-62(65)56-53-50-47-44-41-38-34-26-23-20-17-14-11-8-5-2/h8,11,17,20,22,24-27,29-30,34,59H,4-7,9-10,12-16,18-19,21,23,28,31-33,35-58H2,1-3H3/b11-8-,20-17-,25-22-,27-24-,30-29-,34-26-. The maximum Gasteiger partial charge on any atom is 0.306 e. The lowest BCUT2D eigenvalue weighted by Crippen LogP contribution is -2.30. The van der Waals surface area contributed by atoms with E-state index in [2.05, 4.69) is 93.7 Å². The Bertz CT molecular complexity index is 1270. The molecule has 0 saturated heterocycles. The number of hydrogen-bond donors (Lipinski definition) is 0. The fourth-order valence-corrected chi connectivity index (χ4v) is 8.07. The van der Waals surface area contributed by atoms with Crippen LogP contribution in [0.3, 0.4) is 0 Å². The van der Waals surface area contributed by atoms with E-state index in [1.165, 1.54) is 135 Å². The molecule has 0 aliphatic carbocycles. The summed E-state index contributed by atoms with van der Waals surface area (Å²) in [6, 6.07) is 0. The van der Waals surface area contributed by atoms with E-state index in [0.717, 1.165) is 109 Å². The van der Waals surface area contributed by atoms with Gasteiger partial charge in [0, 0.05) is 19.3 Å². The number of ether oxygens (including phenoxy) is 3. The molecule has 392 valence electrons. The van der Waals surface area contributed by atoms with E-state index < -0.39 is 6.10 Å². The van der Waals surface area contributed by atoms with Crippen molar-refractivity contribution in [3.8, 4) is 0 Å². The third kappa shape index (κ3) is 53.8. The molecule has 0 radical (unpaired) electrons. The molecule has 0 heterocycles. The lowest BCUT2D eigenvalue weighted by molar-refractivity contribution is -0.167. The summed E-state index contributed by atoms with van der Waals surface area (Å²) in [6.07, 6.45) is 71.8. The lowest BCUT2D eigenvalue weighted by Gasteiger charge is -2.18. The Balaban J connectivity index is 4.37. The minimum absolute atomic E-state index is 0.0868. The van der Waals surface area contributed by atoms with Crippen LogP contribution in [0.4, 0.5) is 0 Å². The number of allylic oxidation sites excluding steroid dienone is 12. The molecule has 0 N–H and O–H groups in total. The SMILES string of the molecule is CC/C=C\C/C=C\C/C=C\CCCCCCCC(=O)OC(COC(=O)CCCCCCC/C=C\CCCCCCC)COC(=O)CCCCCCCCCCC/C=C\C/C=C\CCCCCCC. The first-order valence-corrected chi connectivity index (χ1v) is 28.9. The Labute approximate surface area is 421 Å². The average Bonchev–Trinajstić information content (AvgIpc) is 3.34. The fourth-order valence-electron chi connectivity index (χ4n) is 8.07. The topological polar surface area (TPSA) is 78.9 Å². The van der Waals surface area contributed by atoms with Crippen LogP contribution >= 0.6 is 0 Å². The number of rotatable bonds is 52. The maximum atomic E-state index is 12.8. The molecule has 0 aliphatic heterocycles. The molecule has 0 rings (SSSR count). The molecule has 1 atom stereocenters. The highest BCUT2D eigenvalue weighted by Gasteiger charge is 2.19. The zero-order chi connectivity index (χ0) is 49.3. The molecule has 0 fully saturated rings. The van der Waals surface area contributed by atoms with Crippen LogP contribution < -0.4 is 0 Å². The molecule has 0 aromatic rings. The predicted octanol–water partition coefficient (Wildman–Crippen LogP) is 19.4. The molecule has 68 heavy (non-hydrogen) atoms. The molecule has 0 saturated carbocycles. The molecule has 0 amide bonds. The van der Waals surface area contributed by atoms with Gasteiger partial charge in [-0.3, -0.25) is 14.4 Å². The van der Waals surface area contributed by atoms with Crippen molar-refractivity contribution in [2.24, 2.45) is 0 Å². The van der Waals surface area contributed by atoms with Crippen LogP contribution in [-0.2, 0) is 28.6 Å². The van der Waals surface area contributed by atoms with Crippen molar-refractivity contribution in [3.05, 3.63) is 72.9 Å². The smallest absolute Gasteiger partial charge is 0.306 e.